The van der Waals surface area contributed by atoms with Gasteiger partial charge in [0.2, 0.25) is 5.91 Å². The lowest BCUT2D eigenvalue weighted by Crippen LogP contribution is -2.41. The van der Waals surface area contributed by atoms with E-state index in [1.165, 1.54) is 17.0 Å². The number of urea groups is 1. The van der Waals surface area contributed by atoms with E-state index in [-0.39, 0.29) is 12.4 Å². The van der Waals surface area contributed by atoms with E-state index < -0.39 is 11.9 Å². The van der Waals surface area contributed by atoms with Crippen molar-refractivity contribution < 1.29 is 18.7 Å². The Hall–Kier alpha value is -4.66. The normalized spacial score (nSPS) is 10.6. The van der Waals surface area contributed by atoms with Gasteiger partial charge in [-0.05, 0) is 42.8 Å². The monoisotopic (exact) mass is 501 g/mol. The summed E-state index contributed by atoms with van der Waals surface area (Å²) < 4.78 is 20.3. The molecule has 1 heterocycles. The first kappa shape index (κ1) is 25.4. The fourth-order valence-corrected chi connectivity index (χ4v) is 3.78. The zero-order valence-electron chi connectivity index (χ0n) is 20.6. The minimum absolute atomic E-state index is 0.168. The van der Waals surface area contributed by atoms with Gasteiger partial charge in [-0.25, -0.2) is 13.9 Å². The Kier molecular flexibility index (Phi) is 8.15. The number of benzene rings is 3. The van der Waals surface area contributed by atoms with Gasteiger partial charge in [-0.2, -0.15) is 5.10 Å². The molecule has 0 aliphatic carbocycles. The lowest BCUT2D eigenvalue weighted by molar-refractivity contribution is -0.116. The number of nitrogens with one attached hydrogen (secondary N) is 2. The van der Waals surface area contributed by atoms with Crippen LogP contribution in [0.4, 0.5) is 20.7 Å². The lowest BCUT2D eigenvalue weighted by atomic mass is 10.1. The summed E-state index contributed by atoms with van der Waals surface area (Å²) in [5.74, 6) is 0.250. The molecule has 190 valence electrons. The van der Waals surface area contributed by atoms with Crippen LogP contribution in [-0.4, -0.2) is 46.8 Å². The van der Waals surface area contributed by atoms with Crippen molar-refractivity contribution in [1.82, 2.24) is 14.7 Å². The van der Waals surface area contributed by atoms with E-state index in [0.717, 1.165) is 5.56 Å². The maximum absolute atomic E-state index is 13.5. The largest absolute Gasteiger partial charge is 0.497 e. The van der Waals surface area contributed by atoms with Crippen LogP contribution in [0.15, 0.2) is 84.9 Å². The van der Waals surface area contributed by atoms with Crippen LogP contribution >= 0.6 is 0 Å². The molecule has 0 unspecified atom stereocenters. The van der Waals surface area contributed by atoms with Crippen molar-refractivity contribution >= 4 is 23.4 Å². The second kappa shape index (κ2) is 11.9. The second-order valence-corrected chi connectivity index (χ2v) is 8.30. The highest BCUT2D eigenvalue weighted by Crippen LogP contribution is 2.25. The summed E-state index contributed by atoms with van der Waals surface area (Å²) in [6.45, 7) is 2.15. The second-order valence-electron chi connectivity index (χ2n) is 8.30. The van der Waals surface area contributed by atoms with Crippen LogP contribution in [0, 0.1) is 5.82 Å². The topological polar surface area (TPSA) is 88.5 Å². The molecule has 37 heavy (non-hydrogen) atoms. The van der Waals surface area contributed by atoms with Gasteiger partial charge in [-0.3, -0.25) is 4.79 Å². The van der Waals surface area contributed by atoms with Crippen LogP contribution in [0.2, 0.25) is 0 Å². The van der Waals surface area contributed by atoms with Crippen LogP contribution in [-0.2, 0) is 4.79 Å². The Balaban J connectivity index is 1.54. The number of methoxy groups -OCH3 is 1. The fourth-order valence-electron chi connectivity index (χ4n) is 3.78. The number of aromatic nitrogens is 2. The number of halogens is 1. The molecule has 0 saturated heterocycles. The average molecular weight is 502 g/mol. The number of rotatable bonds is 9. The van der Waals surface area contributed by atoms with Gasteiger partial charge >= 0.3 is 6.03 Å². The SMILES string of the molecule is CCCN(CC(=O)Nc1cc(-c2ccccc2)nn1-c1ccc(F)cc1)C(=O)Nc1cccc(OC)c1. The van der Waals surface area contributed by atoms with Crippen LogP contribution in [0.3, 0.4) is 0 Å². The van der Waals surface area contributed by atoms with Crippen molar-refractivity contribution in [2.75, 3.05) is 30.8 Å². The van der Waals surface area contributed by atoms with Crippen molar-refractivity contribution in [3.63, 3.8) is 0 Å². The first-order valence-electron chi connectivity index (χ1n) is 11.9. The maximum atomic E-state index is 13.5. The number of hydrogen-bond donors (Lipinski definition) is 2. The summed E-state index contributed by atoms with van der Waals surface area (Å²) in [7, 11) is 1.55. The summed E-state index contributed by atoms with van der Waals surface area (Å²) in [6, 6.07) is 23.7. The predicted octanol–water partition coefficient (Wildman–Crippen LogP) is 5.57. The van der Waals surface area contributed by atoms with Crippen molar-refractivity contribution in [2.45, 2.75) is 13.3 Å². The van der Waals surface area contributed by atoms with E-state index in [1.807, 2.05) is 37.3 Å². The van der Waals surface area contributed by atoms with Gasteiger partial charge in [0, 0.05) is 29.9 Å². The van der Waals surface area contributed by atoms with Gasteiger partial charge in [-0.1, -0.05) is 43.3 Å². The summed E-state index contributed by atoms with van der Waals surface area (Å²) in [5.41, 5.74) is 2.65. The van der Waals surface area contributed by atoms with Gasteiger partial charge in [0.15, 0.2) is 0 Å². The quantitative estimate of drug-likeness (QED) is 0.314. The molecule has 0 bridgehead atoms. The van der Waals surface area contributed by atoms with E-state index in [1.54, 1.807) is 54.3 Å². The molecule has 2 N–H and O–H groups in total. The van der Waals surface area contributed by atoms with Crippen molar-refractivity contribution in [1.29, 1.82) is 0 Å². The summed E-state index contributed by atoms with van der Waals surface area (Å²) in [4.78, 5) is 27.5. The van der Waals surface area contributed by atoms with Gasteiger partial charge in [-0.15, -0.1) is 0 Å². The Bertz CT molecular complexity index is 1360. The molecule has 1 aromatic heterocycles. The molecular formula is C28H28FN5O3. The van der Waals surface area contributed by atoms with Crippen LogP contribution in [0.5, 0.6) is 5.75 Å². The standard InChI is InChI=1S/C28H28FN5O3/c1-3-16-33(28(36)30-22-10-7-11-24(17-22)37-2)19-27(35)31-26-18-25(20-8-5-4-6-9-20)32-34(26)23-14-12-21(29)13-15-23/h4-15,17-18H,3,16,19H2,1-2H3,(H,30,36)(H,31,35). The third-order valence-corrected chi connectivity index (χ3v) is 5.55. The Morgan fingerprint density at radius 3 is 2.43 bits per heavy atom. The van der Waals surface area contributed by atoms with E-state index in [9.17, 15) is 14.0 Å². The molecule has 3 amide bonds. The van der Waals surface area contributed by atoms with Crippen molar-refractivity contribution in [3.8, 4) is 22.7 Å². The van der Waals surface area contributed by atoms with Crippen LogP contribution < -0.4 is 15.4 Å². The Morgan fingerprint density at radius 2 is 1.73 bits per heavy atom. The highest BCUT2D eigenvalue weighted by molar-refractivity contribution is 5.97. The van der Waals surface area contributed by atoms with Gasteiger partial charge < -0.3 is 20.3 Å². The fraction of sp³-hybridized carbons (Fsp3) is 0.179. The number of anilines is 2. The third kappa shape index (κ3) is 6.52. The highest BCUT2D eigenvalue weighted by Gasteiger charge is 2.19. The number of ether oxygens (including phenoxy) is 1. The van der Waals surface area contributed by atoms with Crippen LogP contribution in [0.1, 0.15) is 13.3 Å². The van der Waals surface area contributed by atoms with E-state index >= 15 is 0 Å². The Labute approximate surface area is 214 Å². The van der Waals surface area contributed by atoms with Gasteiger partial charge in [0.05, 0.1) is 18.5 Å². The smallest absolute Gasteiger partial charge is 0.322 e. The molecule has 9 heteroatoms. The molecule has 0 aliphatic rings. The molecule has 0 radical (unpaired) electrons. The molecule has 0 fully saturated rings. The number of carbonyl (C=O) groups excluding carboxylic acids is 2. The van der Waals surface area contributed by atoms with Gasteiger partial charge in [0.1, 0.15) is 23.9 Å². The molecule has 0 aliphatic heterocycles. The lowest BCUT2D eigenvalue weighted by Gasteiger charge is -2.22. The van der Waals surface area contributed by atoms with Gasteiger partial charge in [0.25, 0.3) is 0 Å². The summed E-state index contributed by atoms with van der Waals surface area (Å²) in [5, 5.41) is 10.3. The maximum Gasteiger partial charge on any atom is 0.322 e. The molecular weight excluding hydrogens is 473 g/mol. The zero-order chi connectivity index (χ0) is 26.2. The number of carbonyl (C=O) groups is 2. The van der Waals surface area contributed by atoms with E-state index in [4.69, 9.17) is 4.74 Å². The molecule has 8 nitrogen and oxygen atoms in total. The minimum atomic E-state index is -0.401. The molecule has 0 saturated carbocycles. The minimum Gasteiger partial charge on any atom is -0.497 e. The zero-order valence-corrected chi connectivity index (χ0v) is 20.6. The number of amides is 3. The molecule has 0 spiro atoms. The summed E-state index contributed by atoms with van der Waals surface area (Å²) >= 11 is 0. The van der Waals surface area contributed by atoms with Crippen LogP contribution in [0.25, 0.3) is 16.9 Å². The first-order chi connectivity index (χ1) is 18.0. The third-order valence-electron chi connectivity index (χ3n) is 5.55. The highest BCUT2D eigenvalue weighted by atomic mass is 19.1. The van der Waals surface area contributed by atoms with E-state index in [2.05, 4.69) is 15.7 Å². The van der Waals surface area contributed by atoms with Crippen molar-refractivity contribution in [2.24, 2.45) is 0 Å². The molecule has 4 rings (SSSR count). The molecule has 0 atom stereocenters. The number of nitrogens with zero attached hydrogens (tertiary/aromatic N) is 3. The number of hydrogen-bond acceptors (Lipinski definition) is 4. The van der Waals surface area contributed by atoms with Crippen molar-refractivity contribution in [3.05, 3.63) is 90.7 Å². The molecule has 3 aromatic carbocycles. The van der Waals surface area contributed by atoms with E-state index in [0.29, 0.717) is 41.6 Å². The first-order valence-corrected chi connectivity index (χ1v) is 11.9. The average Bonchev–Trinajstić information content (AvgIpc) is 3.33. The molecule has 4 aromatic rings. The Morgan fingerprint density at radius 1 is 0.973 bits per heavy atom. The summed E-state index contributed by atoms with van der Waals surface area (Å²) in [6.07, 6.45) is 0.671. The predicted molar refractivity (Wildman–Crippen MR) is 141 cm³/mol.